The predicted octanol–water partition coefficient (Wildman–Crippen LogP) is 9.29. The molecule has 1 aromatic carbocycles. The molecule has 0 nitrogen and oxygen atoms in total. The summed E-state index contributed by atoms with van der Waals surface area (Å²) in [6.45, 7) is 16.3. The lowest BCUT2D eigenvalue weighted by Gasteiger charge is -2.16. The highest BCUT2D eigenvalue weighted by Crippen LogP contribution is 2.23. The molecule has 0 fully saturated rings. The Kier molecular flexibility index (Phi) is 12.5. The maximum Gasteiger partial charge on any atom is -0.0274 e. The van der Waals surface area contributed by atoms with Crippen LogP contribution in [0.5, 0.6) is 0 Å². The summed E-state index contributed by atoms with van der Waals surface area (Å²) >= 11 is 0. The Labute approximate surface area is 177 Å². The van der Waals surface area contributed by atoms with Crippen molar-refractivity contribution in [1.29, 1.82) is 0 Å². The highest BCUT2D eigenvalue weighted by atomic mass is 14.1. The van der Waals surface area contributed by atoms with E-state index < -0.39 is 0 Å². The molecule has 0 saturated carbocycles. The zero-order valence-electron chi connectivity index (χ0n) is 20.2. The lowest BCUT2D eigenvalue weighted by molar-refractivity contribution is 0.405. The second kappa shape index (κ2) is 14.0. The molecule has 0 aliphatic carbocycles. The van der Waals surface area contributed by atoms with Gasteiger partial charge in [0.2, 0.25) is 0 Å². The minimum atomic E-state index is 0.844. The summed E-state index contributed by atoms with van der Waals surface area (Å²) < 4.78 is 0. The van der Waals surface area contributed by atoms with Crippen molar-refractivity contribution in [3.8, 4) is 0 Å². The average Bonchev–Trinajstić information content (AvgIpc) is 2.66. The smallest absolute Gasteiger partial charge is 0.0274 e. The van der Waals surface area contributed by atoms with Gasteiger partial charge in [0.1, 0.15) is 0 Å². The van der Waals surface area contributed by atoms with E-state index in [2.05, 4.69) is 66.7 Å². The van der Waals surface area contributed by atoms with E-state index in [1.807, 2.05) is 0 Å². The van der Waals surface area contributed by atoms with Crippen LogP contribution in [-0.4, -0.2) is 0 Å². The van der Waals surface area contributed by atoms with Crippen molar-refractivity contribution in [2.75, 3.05) is 0 Å². The molecule has 1 aromatic rings. The Morgan fingerprint density at radius 3 is 2.18 bits per heavy atom. The predicted molar refractivity (Wildman–Crippen MR) is 128 cm³/mol. The average molecular weight is 385 g/mol. The van der Waals surface area contributed by atoms with Gasteiger partial charge in [-0.25, -0.2) is 0 Å². The highest BCUT2D eigenvalue weighted by Gasteiger charge is 2.09. The largest absolute Gasteiger partial charge is 0.0856 e. The van der Waals surface area contributed by atoms with Gasteiger partial charge in [0.15, 0.2) is 0 Å². The number of benzene rings is 1. The van der Waals surface area contributed by atoms with Crippen LogP contribution in [0.2, 0.25) is 0 Å². The van der Waals surface area contributed by atoms with Gasteiger partial charge < -0.3 is 0 Å². The minimum absolute atomic E-state index is 0.844. The van der Waals surface area contributed by atoms with Crippen LogP contribution in [0.4, 0.5) is 0 Å². The molecular weight excluding hydrogens is 336 g/mol. The summed E-state index contributed by atoms with van der Waals surface area (Å²) in [6.07, 6.45) is 17.2. The van der Waals surface area contributed by atoms with Crippen molar-refractivity contribution >= 4 is 0 Å². The van der Waals surface area contributed by atoms with Gasteiger partial charge in [-0.05, 0) is 93.9 Å². The lowest BCUT2D eigenvalue weighted by Crippen LogP contribution is -2.02. The molecule has 0 aliphatic heterocycles. The monoisotopic (exact) mass is 384 g/mol. The summed E-state index contributed by atoms with van der Waals surface area (Å²) in [4.78, 5) is 0. The van der Waals surface area contributed by atoms with Crippen molar-refractivity contribution in [1.82, 2.24) is 0 Å². The first-order valence-corrected chi connectivity index (χ1v) is 12.1. The van der Waals surface area contributed by atoms with Crippen molar-refractivity contribution in [3.63, 3.8) is 0 Å². The molecule has 0 N–H and O–H groups in total. The third-order valence-corrected chi connectivity index (χ3v) is 6.79. The quantitative estimate of drug-likeness (QED) is 0.221. The highest BCUT2D eigenvalue weighted by molar-refractivity contribution is 5.38. The number of unbranched alkanes of at least 4 members (excludes halogenated alkanes) is 2. The van der Waals surface area contributed by atoms with Gasteiger partial charge in [-0.1, -0.05) is 83.1 Å². The van der Waals surface area contributed by atoms with Crippen molar-refractivity contribution in [2.45, 2.75) is 119 Å². The van der Waals surface area contributed by atoms with Gasteiger partial charge in [-0.15, -0.1) is 0 Å². The van der Waals surface area contributed by atoms with E-state index in [0.29, 0.717) is 0 Å². The van der Waals surface area contributed by atoms with Gasteiger partial charge in [-0.2, -0.15) is 0 Å². The van der Waals surface area contributed by atoms with Crippen LogP contribution in [0.3, 0.4) is 0 Å². The fourth-order valence-corrected chi connectivity index (χ4v) is 4.17. The third kappa shape index (κ3) is 9.94. The topological polar surface area (TPSA) is 0 Å². The molecule has 0 heterocycles. The van der Waals surface area contributed by atoms with Crippen LogP contribution >= 0.6 is 0 Å². The van der Waals surface area contributed by atoms with Gasteiger partial charge >= 0.3 is 0 Å². The summed E-state index contributed by atoms with van der Waals surface area (Å²) in [5.41, 5.74) is 7.59. The Balaban J connectivity index is 2.18. The van der Waals surface area contributed by atoms with Crippen LogP contribution in [0.1, 0.15) is 114 Å². The number of hydrogen-bond acceptors (Lipinski definition) is 0. The summed E-state index contributed by atoms with van der Waals surface area (Å²) in [6, 6.07) is 4.65. The molecule has 0 radical (unpaired) electrons. The van der Waals surface area contributed by atoms with E-state index in [4.69, 9.17) is 0 Å². The summed E-state index contributed by atoms with van der Waals surface area (Å²) in [5.74, 6) is 1.73. The summed E-state index contributed by atoms with van der Waals surface area (Å²) in [5, 5.41) is 0. The first-order chi connectivity index (χ1) is 13.3. The molecular formula is C28H48. The molecule has 0 aliphatic rings. The van der Waals surface area contributed by atoms with E-state index in [1.54, 1.807) is 11.1 Å². The molecule has 1 rings (SSSR count). The van der Waals surface area contributed by atoms with Gasteiger partial charge in [0.25, 0.3) is 0 Å². The van der Waals surface area contributed by atoms with E-state index >= 15 is 0 Å². The fourth-order valence-electron chi connectivity index (χ4n) is 4.17. The maximum absolute atomic E-state index is 2.47. The van der Waals surface area contributed by atoms with E-state index in [9.17, 15) is 0 Å². The molecule has 160 valence electrons. The molecule has 0 saturated heterocycles. The molecule has 28 heavy (non-hydrogen) atoms. The molecule has 2 atom stereocenters. The molecule has 2 unspecified atom stereocenters. The first kappa shape index (κ1) is 25.0. The second-order valence-corrected chi connectivity index (χ2v) is 9.56. The number of hydrogen-bond donors (Lipinski definition) is 0. The zero-order chi connectivity index (χ0) is 20.9. The van der Waals surface area contributed by atoms with E-state index in [0.717, 1.165) is 11.8 Å². The lowest BCUT2D eigenvalue weighted by atomic mass is 9.90. The normalized spacial score (nSPS) is 14.3. The van der Waals surface area contributed by atoms with Crippen molar-refractivity contribution < 1.29 is 0 Å². The van der Waals surface area contributed by atoms with Crippen molar-refractivity contribution in [3.05, 3.63) is 46.0 Å². The van der Waals surface area contributed by atoms with Crippen LogP contribution in [0.15, 0.2) is 23.8 Å². The Morgan fingerprint density at radius 2 is 1.50 bits per heavy atom. The first-order valence-electron chi connectivity index (χ1n) is 12.1. The van der Waals surface area contributed by atoms with Gasteiger partial charge in [0.05, 0.1) is 0 Å². The Hall–Kier alpha value is -1.04. The third-order valence-electron chi connectivity index (χ3n) is 6.79. The van der Waals surface area contributed by atoms with Crippen LogP contribution in [0, 0.1) is 32.6 Å². The fraction of sp³-hybridized carbons (Fsp3) is 0.714. The number of aryl methyl sites for hydroxylation is 2. The second-order valence-electron chi connectivity index (χ2n) is 9.56. The van der Waals surface area contributed by atoms with E-state index in [-0.39, 0.29) is 0 Å². The zero-order valence-corrected chi connectivity index (χ0v) is 20.2. The number of allylic oxidation sites excluding steroid dienone is 2. The maximum atomic E-state index is 2.47. The Bertz CT molecular complexity index is 578. The van der Waals surface area contributed by atoms with Crippen LogP contribution < -0.4 is 0 Å². The molecule has 0 aromatic heterocycles. The molecule has 0 bridgehead atoms. The SMILES string of the molecule is CCCC/C=C(\C)CCCC(C)CCCC(C)CCc1ccc(C)c(C)c1C. The van der Waals surface area contributed by atoms with Crippen molar-refractivity contribution in [2.24, 2.45) is 11.8 Å². The molecule has 0 spiro atoms. The standard InChI is InChI=1S/C28H48/c1-8-9-10-13-22(2)14-11-15-23(3)16-12-17-24(4)18-20-28-21-19-25(5)26(6)27(28)7/h13,19,21,23-24H,8-12,14-18,20H2,1-7H3/b22-13+. The van der Waals surface area contributed by atoms with E-state index in [1.165, 1.54) is 87.3 Å². The number of rotatable bonds is 14. The molecule has 0 amide bonds. The summed E-state index contributed by atoms with van der Waals surface area (Å²) in [7, 11) is 0. The van der Waals surface area contributed by atoms with Crippen LogP contribution in [0.25, 0.3) is 0 Å². The van der Waals surface area contributed by atoms with Crippen LogP contribution in [-0.2, 0) is 6.42 Å². The van der Waals surface area contributed by atoms with Gasteiger partial charge in [-0.3, -0.25) is 0 Å². The van der Waals surface area contributed by atoms with Gasteiger partial charge in [0, 0.05) is 0 Å². The molecule has 0 heteroatoms. The minimum Gasteiger partial charge on any atom is -0.0856 e. The Morgan fingerprint density at radius 1 is 0.857 bits per heavy atom.